The second-order valence-corrected chi connectivity index (χ2v) is 13.0. The predicted octanol–water partition coefficient (Wildman–Crippen LogP) is 14.1. The van der Waals surface area contributed by atoms with Crippen LogP contribution in [0.4, 0.5) is 0 Å². The third-order valence-electron chi connectivity index (χ3n) is 8.63. The third kappa shape index (κ3) is 31.1. The van der Waals surface area contributed by atoms with Crippen LogP contribution in [0.2, 0.25) is 0 Å². The maximum atomic E-state index is 4.53. The molecule has 0 spiro atoms. The molecule has 2 saturated carbocycles. The molecule has 4 aliphatic rings. The zero-order valence-electron chi connectivity index (χ0n) is 38.1. The fraction of sp³-hybridized carbons (Fsp3) is 0.214. The minimum atomic E-state index is 0. The van der Waals surface area contributed by atoms with E-state index in [1.807, 2.05) is 101 Å². The van der Waals surface area contributed by atoms with Crippen molar-refractivity contribution in [3.63, 3.8) is 0 Å². The van der Waals surface area contributed by atoms with Gasteiger partial charge in [-0.3, -0.25) is 0 Å². The van der Waals surface area contributed by atoms with Gasteiger partial charge in [0.15, 0.2) is 0 Å². The zero-order chi connectivity index (χ0) is 40.9. The van der Waals surface area contributed by atoms with E-state index in [-0.39, 0.29) is 84.1 Å². The molecule has 10 rings (SSSR count). The molecular weight excluding hydrogens is 1000 g/mol. The van der Waals surface area contributed by atoms with Crippen LogP contribution in [0, 0.1) is 52.4 Å². The molecule has 0 amide bonds. The Balaban J connectivity index is -0.000000196. The van der Waals surface area contributed by atoms with E-state index in [2.05, 4.69) is 147 Å². The monoisotopic (exact) mass is 1080 g/mol. The van der Waals surface area contributed by atoms with Gasteiger partial charge in [0.2, 0.25) is 0 Å². The summed E-state index contributed by atoms with van der Waals surface area (Å²) in [5, 5.41) is 5.32. The number of fused-ring (bicyclic) bond motifs is 4. The van der Waals surface area contributed by atoms with Crippen molar-refractivity contribution in [2.45, 2.75) is 66.2 Å². The number of benzene rings is 2. The Morgan fingerprint density at radius 3 is 1.11 bits per heavy atom. The summed E-state index contributed by atoms with van der Waals surface area (Å²) in [6.45, 7) is 8.00. The van der Waals surface area contributed by atoms with E-state index in [1.165, 1.54) is 79.8 Å². The smallest absolute Gasteiger partial charge is 0.533 e. The Labute approximate surface area is 430 Å². The quantitative estimate of drug-likeness (QED) is 0.105. The Kier molecular flexibility index (Phi) is 53.8. The van der Waals surface area contributed by atoms with Crippen molar-refractivity contribution in [3.8, 4) is 0 Å². The molecule has 5 heteroatoms. The molecule has 2 atom stereocenters. The topological polar surface area (TPSA) is 0 Å². The Morgan fingerprint density at radius 1 is 0.508 bits per heavy atom. The van der Waals surface area contributed by atoms with Crippen molar-refractivity contribution in [2.24, 2.45) is 11.8 Å². The van der Waals surface area contributed by atoms with Gasteiger partial charge in [0.1, 0.15) is 0 Å². The average Bonchev–Trinajstić information content (AvgIpc) is 4.12. The number of hydrogen-bond acceptors (Lipinski definition) is 0. The molecule has 4 aliphatic carbocycles. The molecule has 0 N–H and O–H groups in total. The maximum Gasteiger partial charge on any atom is 4.00 e. The summed E-state index contributed by atoms with van der Waals surface area (Å²) in [6.07, 6.45) is 39.1. The van der Waals surface area contributed by atoms with Gasteiger partial charge in [0, 0.05) is 0 Å². The summed E-state index contributed by atoms with van der Waals surface area (Å²) >= 11 is 0. The number of hydrogen-bond donors (Lipinski definition) is 0. The van der Waals surface area contributed by atoms with Crippen LogP contribution in [0.3, 0.4) is 0 Å². The average molecular weight is 1080 g/mol. The van der Waals surface area contributed by atoms with Crippen molar-refractivity contribution < 1.29 is 69.3 Å². The minimum Gasteiger partial charge on any atom is -0.533 e. The van der Waals surface area contributed by atoms with Crippen molar-refractivity contribution in [1.29, 1.82) is 0 Å². The second-order valence-electron chi connectivity index (χ2n) is 13.0. The van der Waals surface area contributed by atoms with Gasteiger partial charge in [0.05, 0.1) is 0 Å². The molecule has 316 valence electrons. The largest absolute Gasteiger partial charge is 4.00 e. The van der Waals surface area contributed by atoms with Gasteiger partial charge in [-0.2, -0.15) is 99.1 Å². The van der Waals surface area contributed by atoms with Gasteiger partial charge >= 0.3 is 69.3 Å². The van der Waals surface area contributed by atoms with Crippen LogP contribution in [0.1, 0.15) is 66.2 Å². The number of allylic oxidation sites excluding steroid dienone is 8. The summed E-state index contributed by atoms with van der Waals surface area (Å²) in [5.41, 5.74) is 3.16. The van der Waals surface area contributed by atoms with Crippen molar-refractivity contribution in [3.05, 3.63) is 234 Å². The SMILES string of the molecule is C1=CCC2CC[CH-]C2=C1.C1=CCC2CC[CH-]C2=C1.C[CH-]C.C[CH-]C.[CH-]=[SiH2].[CH-]=[SiH2].[CH3-].[CH3-].[Hf+4].[Ti+4].[Ti+4].c1cc[cH-]c1.c1cc[cH-]c1.c1ccc2[cH-]ccc2c1.c1ccc2[cH-]ccc2c1. The molecule has 6 aromatic rings. The molecule has 0 aromatic heterocycles. The molecule has 2 unspecified atom stereocenters. The minimum absolute atomic E-state index is 0. The number of rotatable bonds is 0. The molecule has 0 bridgehead atoms. The summed E-state index contributed by atoms with van der Waals surface area (Å²) in [4.78, 5) is 0. The Morgan fingerprint density at radius 2 is 0.836 bits per heavy atom. The van der Waals surface area contributed by atoms with E-state index >= 15 is 0 Å². The van der Waals surface area contributed by atoms with Crippen molar-refractivity contribution >= 4 is 53.6 Å². The molecule has 0 aliphatic heterocycles. The van der Waals surface area contributed by atoms with Crippen LogP contribution in [-0.4, -0.2) is 32.1 Å². The standard InChI is InChI=1S/2C9H11.2C9H7.2C5H5.2C3H7.2CH3Si.2CH3.Hf.2Ti/c4*1-2-5-9-7-3-6-8(9)4-1;2*1-2-4-5-3-1;2*1-3-2;2*1-2;;;;;/h2*1-2,4,6,9H,3,5,7H2;2*1-7H;2*1-5H;2*3H,1-2H3;2*1H,2H2;2*1H3;;;/q12*-1;3*+4. The van der Waals surface area contributed by atoms with E-state index in [1.54, 1.807) is 11.1 Å². The van der Waals surface area contributed by atoms with Gasteiger partial charge in [0.25, 0.3) is 0 Å². The van der Waals surface area contributed by atoms with Gasteiger partial charge in [-0.15, -0.1) is 96.4 Å². The van der Waals surface area contributed by atoms with Crippen LogP contribution in [0.15, 0.2) is 193 Å². The first-order valence-electron chi connectivity index (χ1n) is 19.9. The molecule has 2 fully saturated rings. The Hall–Kier alpha value is -2.47. The van der Waals surface area contributed by atoms with E-state index in [0.29, 0.717) is 0 Å². The molecule has 0 nitrogen and oxygen atoms in total. The van der Waals surface area contributed by atoms with E-state index in [4.69, 9.17) is 0 Å². The maximum absolute atomic E-state index is 4.53. The van der Waals surface area contributed by atoms with Gasteiger partial charge in [-0.25, -0.2) is 80.1 Å². The first-order chi connectivity index (χ1) is 27.7. The zero-order valence-corrected chi connectivity index (χ0v) is 47.6. The summed E-state index contributed by atoms with van der Waals surface area (Å²) in [7, 11) is 2.72. The van der Waals surface area contributed by atoms with Gasteiger partial charge in [-0.1, -0.05) is 25.0 Å². The molecule has 0 saturated heterocycles. The summed E-state index contributed by atoms with van der Waals surface area (Å²) < 4.78 is 0. The van der Waals surface area contributed by atoms with Crippen molar-refractivity contribution in [2.75, 3.05) is 0 Å². The van der Waals surface area contributed by atoms with E-state index < -0.39 is 0 Å². The molecular formula is C56H72HfSi2Ti2. The van der Waals surface area contributed by atoms with Gasteiger partial charge < -0.3 is 40.0 Å². The van der Waals surface area contributed by atoms with Crippen LogP contribution in [0.25, 0.3) is 21.5 Å². The molecule has 0 heterocycles. The molecule has 6 aromatic carbocycles. The van der Waals surface area contributed by atoms with E-state index in [0.717, 1.165) is 11.8 Å². The summed E-state index contributed by atoms with van der Waals surface area (Å²) in [6, 6.07) is 49.3. The van der Waals surface area contributed by atoms with Crippen LogP contribution < -0.4 is 0 Å². The Bertz CT molecular complexity index is 1610. The predicted molar refractivity (Wildman–Crippen MR) is 274 cm³/mol. The second kappa shape index (κ2) is 48.6. The fourth-order valence-electron chi connectivity index (χ4n) is 6.11. The molecule has 61 heavy (non-hydrogen) atoms. The van der Waals surface area contributed by atoms with E-state index in [9.17, 15) is 0 Å². The molecule has 0 radical (unpaired) electrons. The van der Waals surface area contributed by atoms with Gasteiger partial charge in [-0.05, 0) is 24.7 Å². The van der Waals surface area contributed by atoms with Crippen molar-refractivity contribution in [1.82, 2.24) is 0 Å². The fourth-order valence-corrected chi connectivity index (χ4v) is 6.11. The van der Waals surface area contributed by atoms with Crippen LogP contribution in [0.5, 0.6) is 0 Å². The normalized spacial score (nSPS) is 14.2. The third-order valence-corrected chi connectivity index (χ3v) is 8.63. The summed E-state index contributed by atoms with van der Waals surface area (Å²) in [5.74, 6) is 1.77. The first-order valence-corrected chi connectivity index (χ1v) is 21.6. The first kappa shape index (κ1) is 67.6. The van der Waals surface area contributed by atoms with Crippen LogP contribution in [-0.2, 0) is 69.3 Å². The van der Waals surface area contributed by atoms with Crippen LogP contribution >= 0.6 is 0 Å².